The Balaban J connectivity index is 0. The van der Waals surface area contributed by atoms with Crippen molar-refractivity contribution in [2.75, 3.05) is 13.2 Å². The van der Waals surface area contributed by atoms with Crippen LogP contribution >= 0.6 is 0 Å². The van der Waals surface area contributed by atoms with Gasteiger partial charge < -0.3 is 9.47 Å². The van der Waals surface area contributed by atoms with Gasteiger partial charge in [0.2, 0.25) is 0 Å². The fraction of sp³-hybridized carbons (Fsp3) is 0.647. The quantitative estimate of drug-likeness (QED) is 0.344. The lowest BCUT2D eigenvalue weighted by Crippen LogP contribution is -2.05. The van der Waals surface area contributed by atoms with Crippen molar-refractivity contribution in [1.82, 2.24) is 0 Å². The van der Waals surface area contributed by atoms with E-state index in [1.54, 1.807) is 6.92 Å². The maximum atomic E-state index is 10.7. The van der Waals surface area contributed by atoms with Crippen molar-refractivity contribution in [3.05, 3.63) is 24.8 Å². The van der Waals surface area contributed by atoms with Gasteiger partial charge in [0.15, 0.2) is 0 Å². The standard InChI is InChI=1S/C9H16O2.C8H14O2/c1-3-5-6-7-8-11-9(10)4-2;1-4-5-6-10-8(9)7(2)3/h4H,2-3,5-8H2,1H3;2,4-6H2,1,3H3. The van der Waals surface area contributed by atoms with Crippen molar-refractivity contribution in [3.63, 3.8) is 0 Å². The molecule has 0 bridgehead atoms. The fourth-order valence-corrected chi connectivity index (χ4v) is 1.19. The lowest BCUT2D eigenvalue weighted by atomic mass is 10.2. The van der Waals surface area contributed by atoms with Crippen LogP contribution in [-0.4, -0.2) is 25.2 Å². The van der Waals surface area contributed by atoms with Gasteiger partial charge in [0, 0.05) is 11.6 Å². The molecule has 0 saturated carbocycles. The third-order valence-corrected chi connectivity index (χ3v) is 2.49. The van der Waals surface area contributed by atoms with Crippen LogP contribution in [0.25, 0.3) is 0 Å². The van der Waals surface area contributed by atoms with Gasteiger partial charge in [0.1, 0.15) is 0 Å². The lowest BCUT2D eigenvalue weighted by molar-refractivity contribution is -0.139. The largest absolute Gasteiger partial charge is 0.463 e. The molecule has 0 aliphatic carbocycles. The highest BCUT2D eigenvalue weighted by atomic mass is 16.5. The van der Waals surface area contributed by atoms with Gasteiger partial charge in [-0.25, -0.2) is 9.59 Å². The first-order valence-electron chi connectivity index (χ1n) is 7.61. The van der Waals surface area contributed by atoms with E-state index in [9.17, 15) is 9.59 Å². The van der Waals surface area contributed by atoms with Crippen molar-refractivity contribution < 1.29 is 19.1 Å². The van der Waals surface area contributed by atoms with Crippen molar-refractivity contribution in [2.24, 2.45) is 0 Å². The first kappa shape index (κ1) is 21.7. The Morgan fingerprint density at radius 1 is 0.952 bits per heavy atom. The van der Waals surface area contributed by atoms with Gasteiger partial charge in [-0.1, -0.05) is 52.7 Å². The molecular weight excluding hydrogens is 268 g/mol. The van der Waals surface area contributed by atoms with Crippen molar-refractivity contribution in [2.45, 2.75) is 59.3 Å². The summed E-state index contributed by atoms with van der Waals surface area (Å²) in [6.07, 6.45) is 7.69. The maximum absolute atomic E-state index is 10.7. The first-order valence-corrected chi connectivity index (χ1v) is 7.61. The Kier molecular flexibility index (Phi) is 17.0. The number of carbonyl (C=O) groups excluding carboxylic acids is 2. The summed E-state index contributed by atoms with van der Waals surface area (Å²) in [6.45, 7) is 13.7. The summed E-state index contributed by atoms with van der Waals surface area (Å²) in [5.74, 6) is -0.602. The summed E-state index contributed by atoms with van der Waals surface area (Å²) >= 11 is 0. The molecule has 0 aromatic heterocycles. The number of ether oxygens (including phenoxy) is 2. The summed E-state index contributed by atoms with van der Waals surface area (Å²) in [4.78, 5) is 21.2. The van der Waals surface area contributed by atoms with Gasteiger partial charge in [-0.2, -0.15) is 0 Å². The minimum absolute atomic E-state index is 0.284. The van der Waals surface area contributed by atoms with E-state index < -0.39 is 0 Å². The predicted octanol–water partition coefficient (Wildman–Crippen LogP) is 4.20. The van der Waals surface area contributed by atoms with Crippen molar-refractivity contribution in [1.29, 1.82) is 0 Å². The number of esters is 2. The Hall–Kier alpha value is -1.58. The van der Waals surface area contributed by atoms with E-state index in [4.69, 9.17) is 9.47 Å². The fourth-order valence-electron chi connectivity index (χ4n) is 1.19. The van der Waals surface area contributed by atoms with E-state index in [-0.39, 0.29) is 11.9 Å². The van der Waals surface area contributed by atoms with Gasteiger partial charge in [-0.15, -0.1) is 0 Å². The van der Waals surface area contributed by atoms with Gasteiger partial charge in [-0.3, -0.25) is 0 Å². The van der Waals surface area contributed by atoms with E-state index >= 15 is 0 Å². The van der Waals surface area contributed by atoms with Crippen molar-refractivity contribution >= 4 is 11.9 Å². The molecular formula is C17H30O4. The smallest absolute Gasteiger partial charge is 0.333 e. The summed E-state index contributed by atoms with van der Waals surface area (Å²) in [6, 6.07) is 0. The molecule has 0 spiro atoms. The Labute approximate surface area is 129 Å². The number of hydrogen-bond donors (Lipinski definition) is 0. The molecule has 4 nitrogen and oxygen atoms in total. The molecule has 0 radical (unpaired) electrons. The zero-order valence-electron chi connectivity index (χ0n) is 13.8. The SMILES string of the molecule is C=C(C)C(=O)OCCCC.C=CC(=O)OCCCCCC. The molecule has 0 N–H and O–H groups in total. The minimum Gasteiger partial charge on any atom is -0.463 e. The summed E-state index contributed by atoms with van der Waals surface area (Å²) < 4.78 is 9.59. The molecule has 4 heteroatoms. The maximum Gasteiger partial charge on any atom is 0.333 e. The van der Waals surface area contributed by atoms with Gasteiger partial charge in [0.25, 0.3) is 0 Å². The second kappa shape index (κ2) is 16.5. The highest BCUT2D eigenvalue weighted by Gasteiger charge is 2.00. The highest BCUT2D eigenvalue weighted by Crippen LogP contribution is 1.98. The van der Waals surface area contributed by atoms with E-state index in [1.807, 2.05) is 0 Å². The summed E-state index contributed by atoms with van der Waals surface area (Å²) in [5, 5.41) is 0. The molecule has 0 rings (SSSR count). The molecule has 0 aromatic rings. The van der Waals surface area contributed by atoms with Crippen molar-refractivity contribution in [3.8, 4) is 0 Å². The Morgan fingerprint density at radius 3 is 2.00 bits per heavy atom. The topological polar surface area (TPSA) is 52.6 Å². The normalized spacial score (nSPS) is 9.10. The molecule has 21 heavy (non-hydrogen) atoms. The van der Waals surface area contributed by atoms with E-state index in [0.29, 0.717) is 18.8 Å². The molecule has 0 amide bonds. The Bertz CT molecular complexity index is 308. The molecule has 122 valence electrons. The third kappa shape index (κ3) is 18.4. The van der Waals surface area contributed by atoms with Crippen LogP contribution in [0.5, 0.6) is 0 Å². The van der Waals surface area contributed by atoms with E-state index in [1.165, 1.54) is 18.9 Å². The average molecular weight is 298 g/mol. The second-order valence-electron chi connectivity index (χ2n) is 4.70. The second-order valence-corrected chi connectivity index (χ2v) is 4.70. The molecule has 0 aromatic carbocycles. The number of hydrogen-bond acceptors (Lipinski definition) is 4. The zero-order valence-corrected chi connectivity index (χ0v) is 13.8. The molecule has 0 aliphatic heterocycles. The van der Waals surface area contributed by atoms with Gasteiger partial charge >= 0.3 is 11.9 Å². The molecule has 0 fully saturated rings. The number of rotatable bonds is 10. The molecule has 0 atom stereocenters. The Morgan fingerprint density at radius 2 is 1.52 bits per heavy atom. The van der Waals surface area contributed by atoms with Crippen LogP contribution in [0.2, 0.25) is 0 Å². The van der Waals surface area contributed by atoms with Crippen LogP contribution in [0.1, 0.15) is 59.3 Å². The number of carbonyl (C=O) groups is 2. The third-order valence-electron chi connectivity index (χ3n) is 2.49. The lowest BCUT2D eigenvalue weighted by Gasteiger charge is -2.01. The summed E-state index contributed by atoms with van der Waals surface area (Å²) in [7, 11) is 0. The number of unbranched alkanes of at least 4 members (excludes halogenated alkanes) is 4. The monoisotopic (exact) mass is 298 g/mol. The van der Waals surface area contributed by atoms with Crippen LogP contribution < -0.4 is 0 Å². The van der Waals surface area contributed by atoms with Crippen LogP contribution in [0, 0.1) is 0 Å². The predicted molar refractivity (Wildman–Crippen MR) is 86.0 cm³/mol. The van der Waals surface area contributed by atoms with E-state index in [2.05, 4.69) is 27.0 Å². The molecule has 0 unspecified atom stereocenters. The average Bonchev–Trinajstić information content (AvgIpc) is 2.47. The van der Waals surface area contributed by atoms with E-state index in [0.717, 1.165) is 25.7 Å². The zero-order chi connectivity index (χ0) is 16.5. The minimum atomic E-state index is -0.318. The van der Waals surface area contributed by atoms with Gasteiger partial charge in [-0.05, 0) is 19.8 Å². The molecule has 0 aliphatic rings. The highest BCUT2D eigenvalue weighted by molar-refractivity contribution is 5.86. The summed E-state index contributed by atoms with van der Waals surface area (Å²) in [5.41, 5.74) is 0.469. The molecule has 0 heterocycles. The van der Waals surface area contributed by atoms with Crippen LogP contribution in [0.15, 0.2) is 24.8 Å². The van der Waals surface area contributed by atoms with Crippen LogP contribution in [0.3, 0.4) is 0 Å². The van der Waals surface area contributed by atoms with Crippen LogP contribution in [0.4, 0.5) is 0 Å². The molecule has 0 saturated heterocycles. The van der Waals surface area contributed by atoms with Gasteiger partial charge in [0.05, 0.1) is 13.2 Å². The van der Waals surface area contributed by atoms with Crippen LogP contribution in [-0.2, 0) is 19.1 Å². The first-order chi connectivity index (χ1) is 9.99.